The average molecular weight is 496 g/mol. The summed E-state index contributed by atoms with van der Waals surface area (Å²) in [5, 5.41) is 5.02. The van der Waals surface area contributed by atoms with Gasteiger partial charge in [-0.25, -0.2) is 9.97 Å². The Morgan fingerprint density at radius 3 is 2.88 bits per heavy atom. The largest absolute Gasteiger partial charge is 0.337 e. The molecule has 9 heteroatoms. The number of hydrogen-bond donors (Lipinski definition) is 0. The Labute approximate surface area is 207 Å². The van der Waals surface area contributed by atoms with Gasteiger partial charge in [-0.2, -0.15) is 0 Å². The number of aryl methyl sites for hydroxylation is 1. The van der Waals surface area contributed by atoms with E-state index >= 15 is 0 Å². The Hall–Kier alpha value is -2.78. The van der Waals surface area contributed by atoms with Crippen molar-refractivity contribution in [2.45, 2.75) is 45.7 Å². The highest BCUT2D eigenvalue weighted by Crippen LogP contribution is 2.50. The molecule has 5 rings (SSSR count). The summed E-state index contributed by atoms with van der Waals surface area (Å²) in [6, 6.07) is 4.24. The van der Waals surface area contributed by atoms with Gasteiger partial charge in [-0.1, -0.05) is 6.07 Å². The highest BCUT2D eigenvalue weighted by Gasteiger charge is 2.58. The zero-order valence-electron chi connectivity index (χ0n) is 19.7. The van der Waals surface area contributed by atoms with Gasteiger partial charge >= 0.3 is 0 Å². The number of thiazole rings is 1. The van der Waals surface area contributed by atoms with Crippen LogP contribution in [0.1, 0.15) is 53.5 Å². The van der Waals surface area contributed by atoms with Crippen molar-refractivity contribution in [3.63, 3.8) is 0 Å². The summed E-state index contributed by atoms with van der Waals surface area (Å²) in [6.07, 6.45) is 8.08. The van der Waals surface area contributed by atoms with E-state index < -0.39 is 5.41 Å². The molecule has 2 saturated heterocycles. The fourth-order valence-corrected chi connectivity index (χ4v) is 6.29. The van der Waals surface area contributed by atoms with Gasteiger partial charge in [-0.05, 0) is 44.7 Å². The molecule has 2 amide bonds. The van der Waals surface area contributed by atoms with Gasteiger partial charge in [0.2, 0.25) is 11.8 Å². The summed E-state index contributed by atoms with van der Waals surface area (Å²) in [6.45, 7) is 8.31. The molecule has 7 nitrogen and oxygen atoms in total. The molecular weight excluding hydrogens is 466 g/mol. The first-order chi connectivity index (χ1) is 16.4. The molecule has 0 radical (unpaired) electrons. The van der Waals surface area contributed by atoms with Gasteiger partial charge in [0.1, 0.15) is 0 Å². The van der Waals surface area contributed by atoms with Crippen LogP contribution in [0.5, 0.6) is 0 Å². The zero-order valence-corrected chi connectivity index (χ0v) is 21.3. The zero-order chi connectivity index (χ0) is 23.9. The summed E-state index contributed by atoms with van der Waals surface area (Å²) in [4.78, 5) is 41.1. The van der Waals surface area contributed by atoms with Crippen LogP contribution in [0.3, 0.4) is 0 Å². The van der Waals surface area contributed by atoms with E-state index in [0.717, 1.165) is 21.3 Å². The summed E-state index contributed by atoms with van der Waals surface area (Å²) in [7, 11) is 0. The van der Waals surface area contributed by atoms with E-state index in [2.05, 4.69) is 23.4 Å². The van der Waals surface area contributed by atoms with E-state index in [-0.39, 0.29) is 23.8 Å². The van der Waals surface area contributed by atoms with Crippen LogP contribution in [0.25, 0.3) is 6.08 Å². The van der Waals surface area contributed by atoms with Crippen molar-refractivity contribution < 1.29 is 9.59 Å². The van der Waals surface area contributed by atoms with E-state index in [1.54, 1.807) is 28.7 Å². The maximum Gasteiger partial charge on any atom is 0.246 e. The number of amides is 2. The van der Waals surface area contributed by atoms with Gasteiger partial charge in [0.25, 0.3) is 0 Å². The lowest BCUT2D eigenvalue weighted by atomic mass is 9.75. The SMILES string of the molecule is Cc1nc(CN2CC[C@@]3(CN(C(=O)/C=C/c4cccs4)C[C@@H]3c3cn(C(C)C)cn3)C2=O)cs1. The van der Waals surface area contributed by atoms with E-state index in [0.29, 0.717) is 32.6 Å². The Morgan fingerprint density at radius 2 is 2.21 bits per heavy atom. The minimum absolute atomic E-state index is 0.0556. The van der Waals surface area contributed by atoms with Crippen molar-refractivity contribution in [2.75, 3.05) is 19.6 Å². The molecule has 0 aromatic carbocycles. The third kappa shape index (κ3) is 4.22. The lowest BCUT2D eigenvalue weighted by Crippen LogP contribution is -2.40. The van der Waals surface area contributed by atoms with Crippen LogP contribution in [0.4, 0.5) is 0 Å². The molecule has 5 heterocycles. The first-order valence-corrected chi connectivity index (χ1v) is 13.4. The van der Waals surface area contributed by atoms with Gasteiger partial charge in [-0.15, -0.1) is 22.7 Å². The van der Waals surface area contributed by atoms with E-state index in [4.69, 9.17) is 4.98 Å². The molecule has 2 atom stereocenters. The van der Waals surface area contributed by atoms with Crippen LogP contribution in [-0.4, -0.2) is 55.8 Å². The standard InChI is InChI=1S/C25H29N5O2S2/c1-17(2)30-13-22(26-16-30)21-12-29(23(31)7-6-20-5-4-10-33-20)15-25(21)8-9-28(24(25)32)11-19-14-34-18(3)27-19/h4-7,10,13-14,16-17,21H,8-9,11-12,15H2,1-3H3/b7-6+/t21-,25+/m1/s1. The van der Waals surface area contributed by atoms with Gasteiger partial charge in [0, 0.05) is 54.1 Å². The molecule has 0 N–H and O–H groups in total. The maximum absolute atomic E-state index is 13.9. The number of hydrogen-bond acceptors (Lipinski definition) is 6. The second-order valence-electron chi connectivity index (χ2n) is 9.45. The molecule has 2 aliphatic rings. The highest BCUT2D eigenvalue weighted by atomic mass is 32.1. The number of likely N-dealkylation sites (tertiary alicyclic amines) is 2. The summed E-state index contributed by atoms with van der Waals surface area (Å²) >= 11 is 3.20. The van der Waals surface area contributed by atoms with Gasteiger partial charge in [0.05, 0.1) is 34.7 Å². The number of carbonyl (C=O) groups is 2. The van der Waals surface area contributed by atoms with Gasteiger partial charge in [-0.3, -0.25) is 9.59 Å². The molecule has 0 bridgehead atoms. The lowest BCUT2D eigenvalue weighted by molar-refractivity contribution is -0.137. The Kier molecular flexibility index (Phi) is 6.16. The quantitative estimate of drug-likeness (QED) is 0.477. The van der Waals surface area contributed by atoms with Gasteiger partial charge < -0.3 is 14.4 Å². The van der Waals surface area contributed by atoms with Crippen molar-refractivity contribution in [1.82, 2.24) is 24.3 Å². The molecule has 1 spiro atoms. The molecule has 3 aromatic heterocycles. The number of aromatic nitrogens is 3. The fourth-order valence-electron chi connectivity index (χ4n) is 5.07. The summed E-state index contributed by atoms with van der Waals surface area (Å²) in [5.74, 6) is -0.0685. The predicted molar refractivity (Wildman–Crippen MR) is 135 cm³/mol. The Balaban J connectivity index is 1.42. The van der Waals surface area contributed by atoms with Gasteiger partial charge in [0.15, 0.2) is 0 Å². The van der Waals surface area contributed by atoms with E-state index in [1.165, 1.54) is 0 Å². The normalized spacial score (nSPS) is 22.8. The molecule has 0 unspecified atom stereocenters. The topological polar surface area (TPSA) is 71.3 Å². The Morgan fingerprint density at radius 1 is 1.35 bits per heavy atom. The van der Waals surface area contributed by atoms with Crippen LogP contribution in [0.2, 0.25) is 0 Å². The van der Waals surface area contributed by atoms with Crippen LogP contribution < -0.4 is 0 Å². The maximum atomic E-state index is 13.9. The second-order valence-corrected chi connectivity index (χ2v) is 11.5. The molecule has 34 heavy (non-hydrogen) atoms. The minimum atomic E-state index is -0.645. The van der Waals surface area contributed by atoms with Crippen molar-refractivity contribution in [3.05, 3.63) is 62.8 Å². The number of nitrogens with zero attached hydrogens (tertiary/aromatic N) is 5. The average Bonchev–Trinajstić information content (AvgIpc) is 3.62. The predicted octanol–water partition coefficient (Wildman–Crippen LogP) is 4.35. The van der Waals surface area contributed by atoms with Crippen molar-refractivity contribution in [3.8, 4) is 0 Å². The molecule has 3 aromatic rings. The number of rotatable bonds is 6. The first kappa shape index (κ1) is 23.0. The third-order valence-electron chi connectivity index (χ3n) is 6.92. The monoisotopic (exact) mass is 495 g/mol. The molecule has 0 saturated carbocycles. The summed E-state index contributed by atoms with van der Waals surface area (Å²) in [5.41, 5.74) is 1.18. The number of imidazole rings is 1. The van der Waals surface area contributed by atoms with Crippen molar-refractivity contribution in [2.24, 2.45) is 5.41 Å². The second kappa shape index (κ2) is 9.11. The number of carbonyl (C=O) groups excluding carboxylic acids is 2. The fraction of sp³-hybridized carbons (Fsp3) is 0.440. The molecule has 178 valence electrons. The molecule has 0 aliphatic carbocycles. The third-order valence-corrected chi connectivity index (χ3v) is 8.58. The van der Waals surface area contributed by atoms with Crippen LogP contribution >= 0.6 is 22.7 Å². The number of thiophene rings is 1. The van der Waals surface area contributed by atoms with E-state index in [9.17, 15) is 9.59 Å². The minimum Gasteiger partial charge on any atom is -0.337 e. The smallest absolute Gasteiger partial charge is 0.246 e. The van der Waals surface area contributed by atoms with Crippen LogP contribution in [0, 0.1) is 12.3 Å². The molecule has 2 aliphatic heterocycles. The van der Waals surface area contributed by atoms with Crippen LogP contribution in [0.15, 0.2) is 41.5 Å². The lowest BCUT2D eigenvalue weighted by Gasteiger charge is -2.27. The first-order valence-electron chi connectivity index (χ1n) is 11.6. The van der Waals surface area contributed by atoms with Crippen LogP contribution in [-0.2, 0) is 16.1 Å². The van der Waals surface area contributed by atoms with E-state index in [1.807, 2.05) is 58.2 Å². The Bertz CT molecular complexity index is 1210. The molecule has 2 fully saturated rings. The molecular formula is C25H29N5O2S2. The highest BCUT2D eigenvalue weighted by molar-refractivity contribution is 7.10. The van der Waals surface area contributed by atoms with Crippen molar-refractivity contribution >= 4 is 40.6 Å². The summed E-state index contributed by atoms with van der Waals surface area (Å²) < 4.78 is 2.07. The van der Waals surface area contributed by atoms with Crippen molar-refractivity contribution in [1.29, 1.82) is 0 Å².